The van der Waals surface area contributed by atoms with Gasteiger partial charge in [0, 0.05) is 18.4 Å². The Morgan fingerprint density at radius 1 is 0.949 bits per heavy atom. The minimum atomic E-state index is -1.20. The molecule has 2 fully saturated rings. The number of rotatable bonds is 13. The molecule has 4 rings (SSSR count). The van der Waals surface area contributed by atoms with Crippen LogP contribution in [-0.4, -0.2) is 41.4 Å². The van der Waals surface area contributed by atoms with E-state index in [4.69, 9.17) is 4.74 Å². The number of benzene rings is 2. The smallest absolute Gasteiger partial charge is 0.306 e. The highest BCUT2D eigenvalue weighted by Gasteiger charge is 2.37. The molecule has 0 saturated heterocycles. The van der Waals surface area contributed by atoms with Crippen molar-refractivity contribution in [1.29, 1.82) is 0 Å². The number of esters is 1. The molecule has 2 aliphatic carbocycles. The van der Waals surface area contributed by atoms with Gasteiger partial charge < -0.3 is 15.4 Å². The van der Waals surface area contributed by atoms with E-state index < -0.39 is 47.3 Å². The van der Waals surface area contributed by atoms with E-state index in [1.807, 2.05) is 30.3 Å². The summed E-state index contributed by atoms with van der Waals surface area (Å²) < 4.78 is 18.8. The van der Waals surface area contributed by atoms with Crippen molar-refractivity contribution in [2.75, 3.05) is 0 Å². The molecule has 0 heterocycles. The van der Waals surface area contributed by atoms with Crippen LogP contribution in [0.15, 0.2) is 54.6 Å². The molecular formula is C30H33FN2O6. The van der Waals surface area contributed by atoms with Crippen LogP contribution in [0.1, 0.15) is 56.1 Å². The number of ketones is 2. The summed E-state index contributed by atoms with van der Waals surface area (Å²) in [4.78, 5) is 64.1. The largest absolute Gasteiger partial charge is 0.461 e. The monoisotopic (exact) mass is 536 g/mol. The van der Waals surface area contributed by atoms with Crippen LogP contribution in [0, 0.1) is 17.7 Å². The maximum absolute atomic E-state index is 13.5. The fourth-order valence-electron chi connectivity index (χ4n) is 4.75. The van der Waals surface area contributed by atoms with Crippen LogP contribution < -0.4 is 10.6 Å². The number of Topliss-reactive ketones (excluding diaryl/α,β-unsaturated/α-hetero) is 2. The van der Waals surface area contributed by atoms with Crippen molar-refractivity contribution in [3.63, 3.8) is 0 Å². The third-order valence-electron chi connectivity index (χ3n) is 7.14. The Kier molecular flexibility index (Phi) is 9.57. The second-order valence-corrected chi connectivity index (χ2v) is 10.3. The fraction of sp³-hybridized carbons (Fsp3) is 0.433. The zero-order valence-corrected chi connectivity index (χ0v) is 21.7. The normalized spacial score (nSPS) is 18.2. The van der Waals surface area contributed by atoms with Crippen molar-refractivity contribution in [1.82, 2.24) is 10.6 Å². The zero-order valence-electron chi connectivity index (χ0n) is 21.7. The predicted octanol–water partition coefficient (Wildman–Crippen LogP) is 3.21. The second-order valence-electron chi connectivity index (χ2n) is 10.3. The van der Waals surface area contributed by atoms with E-state index in [1.165, 1.54) is 24.3 Å². The highest BCUT2D eigenvalue weighted by atomic mass is 19.1. The Bertz CT molecular complexity index is 1200. The van der Waals surface area contributed by atoms with Crippen molar-refractivity contribution in [2.24, 2.45) is 11.8 Å². The standard InChI is InChI=1S/C30H33FN2O6/c31-23-11-9-19(10-12-23)15-22(17-27(35)39-18-20-5-2-1-3-6-20)29(37)33-25(16-21-7-4-8-26(21)34)28(36)30(38)32-24-13-14-24/h1-3,5-6,9-12,21-22,24-25H,4,7-8,13-18H2,(H,32,38)(H,33,37)/t21-,22+,25-/m0/s1. The first kappa shape index (κ1) is 28.1. The van der Waals surface area contributed by atoms with Crippen LogP contribution in [-0.2, 0) is 41.7 Å². The first-order chi connectivity index (χ1) is 18.8. The number of hydrogen-bond donors (Lipinski definition) is 2. The molecule has 0 aromatic heterocycles. The summed E-state index contributed by atoms with van der Waals surface area (Å²) in [6.45, 7) is 0.0385. The van der Waals surface area contributed by atoms with Crippen molar-refractivity contribution in [2.45, 2.75) is 70.1 Å². The van der Waals surface area contributed by atoms with Crippen molar-refractivity contribution in [3.05, 3.63) is 71.5 Å². The van der Waals surface area contributed by atoms with E-state index in [2.05, 4.69) is 10.6 Å². The molecule has 0 bridgehead atoms. The van der Waals surface area contributed by atoms with Crippen LogP contribution >= 0.6 is 0 Å². The molecule has 8 nitrogen and oxygen atoms in total. The Morgan fingerprint density at radius 2 is 1.67 bits per heavy atom. The number of hydrogen-bond acceptors (Lipinski definition) is 6. The predicted molar refractivity (Wildman–Crippen MR) is 140 cm³/mol. The summed E-state index contributed by atoms with van der Waals surface area (Å²) in [5, 5.41) is 5.31. The van der Waals surface area contributed by atoms with Gasteiger partial charge in [0.1, 0.15) is 18.2 Å². The molecule has 2 N–H and O–H groups in total. The van der Waals surface area contributed by atoms with E-state index in [9.17, 15) is 28.4 Å². The van der Waals surface area contributed by atoms with E-state index in [0.29, 0.717) is 24.8 Å². The van der Waals surface area contributed by atoms with Gasteiger partial charge in [-0.2, -0.15) is 0 Å². The summed E-state index contributed by atoms with van der Waals surface area (Å²) in [5.74, 6) is -4.60. The van der Waals surface area contributed by atoms with E-state index in [1.54, 1.807) is 0 Å². The van der Waals surface area contributed by atoms with Gasteiger partial charge in [-0.15, -0.1) is 0 Å². The summed E-state index contributed by atoms with van der Waals surface area (Å²) in [6.07, 6.45) is 3.12. The average Bonchev–Trinajstić information content (AvgIpc) is 3.66. The van der Waals surface area contributed by atoms with E-state index in [0.717, 1.165) is 18.4 Å². The number of carbonyl (C=O) groups excluding carboxylic acids is 5. The highest BCUT2D eigenvalue weighted by molar-refractivity contribution is 6.38. The van der Waals surface area contributed by atoms with Gasteiger partial charge in [-0.05, 0) is 61.8 Å². The van der Waals surface area contributed by atoms with Gasteiger partial charge in [-0.25, -0.2) is 4.39 Å². The Labute approximate surface area is 226 Å². The molecule has 39 heavy (non-hydrogen) atoms. The Morgan fingerprint density at radius 3 is 2.31 bits per heavy atom. The van der Waals surface area contributed by atoms with Crippen molar-refractivity contribution >= 4 is 29.4 Å². The van der Waals surface area contributed by atoms with Crippen LogP contribution in [0.3, 0.4) is 0 Å². The lowest BCUT2D eigenvalue weighted by atomic mass is 9.92. The SMILES string of the molecule is O=C(C[C@@H](Cc1ccc(F)cc1)C(=O)N[C@@H](C[C@@H]1CCCC1=O)C(=O)C(=O)NC1CC1)OCc1ccccc1. The van der Waals surface area contributed by atoms with Gasteiger partial charge in [-0.1, -0.05) is 42.5 Å². The van der Waals surface area contributed by atoms with Crippen LogP contribution in [0.5, 0.6) is 0 Å². The van der Waals surface area contributed by atoms with Crippen molar-refractivity contribution < 1.29 is 33.1 Å². The molecule has 2 aliphatic rings. The number of halogens is 1. The lowest BCUT2D eigenvalue weighted by molar-refractivity contribution is -0.148. The van der Waals surface area contributed by atoms with Crippen molar-refractivity contribution in [3.8, 4) is 0 Å². The van der Waals surface area contributed by atoms with Gasteiger partial charge >= 0.3 is 5.97 Å². The summed E-state index contributed by atoms with van der Waals surface area (Å²) in [5.41, 5.74) is 1.41. The molecule has 206 valence electrons. The van der Waals surface area contributed by atoms with Gasteiger partial charge in [-0.3, -0.25) is 24.0 Å². The first-order valence-corrected chi connectivity index (χ1v) is 13.4. The molecule has 0 aliphatic heterocycles. The number of carbonyl (C=O) groups is 5. The molecule has 0 spiro atoms. The third kappa shape index (κ3) is 8.56. The summed E-state index contributed by atoms with van der Waals surface area (Å²) in [7, 11) is 0. The van der Waals surface area contributed by atoms with E-state index in [-0.39, 0.29) is 37.7 Å². The molecular weight excluding hydrogens is 503 g/mol. The lowest BCUT2D eigenvalue weighted by Gasteiger charge is -2.23. The Hall–Kier alpha value is -3.88. The molecule has 9 heteroatoms. The molecule has 2 aromatic carbocycles. The molecule has 0 radical (unpaired) electrons. The molecule has 2 amide bonds. The summed E-state index contributed by atoms with van der Waals surface area (Å²) in [6, 6.07) is 13.4. The maximum Gasteiger partial charge on any atom is 0.306 e. The quantitative estimate of drug-likeness (QED) is 0.300. The topological polar surface area (TPSA) is 119 Å². The molecule has 3 atom stereocenters. The highest BCUT2D eigenvalue weighted by Crippen LogP contribution is 2.26. The molecule has 0 unspecified atom stereocenters. The number of nitrogens with one attached hydrogen (secondary N) is 2. The van der Waals surface area contributed by atoms with Crippen LogP contribution in [0.2, 0.25) is 0 Å². The fourth-order valence-corrected chi connectivity index (χ4v) is 4.75. The number of ether oxygens (including phenoxy) is 1. The van der Waals surface area contributed by atoms with Crippen LogP contribution in [0.4, 0.5) is 4.39 Å². The van der Waals surface area contributed by atoms with Gasteiger partial charge in [0.25, 0.3) is 5.91 Å². The first-order valence-electron chi connectivity index (χ1n) is 13.4. The second kappa shape index (κ2) is 13.3. The van der Waals surface area contributed by atoms with Gasteiger partial charge in [0.2, 0.25) is 11.7 Å². The summed E-state index contributed by atoms with van der Waals surface area (Å²) >= 11 is 0. The minimum absolute atomic E-state index is 0.0111. The van der Waals surface area contributed by atoms with Gasteiger partial charge in [0.05, 0.1) is 18.4 Å². The van der Waals surface area contributed by atoms with Crippen LogP contribution in [0.25, 0.3) is 0 Å². The average molecular weight is 537 g/mol. The lowest BCUT2D eigenvalue weighted by Crippen LogP contribution is -2.50. The molecule has 2 saturated carbocycles. The maximum atomic E-state index is 13.5. The Balaban J connectivity index is 1.47. The molecule has 2 aromatic rings. The van der Waals surface area contributed by atoms with Gasteiger partial charge in [0.15, 0.2) is 0 Å². The van der Waals surface area contributed by atoms with E-state index >= 15 is 0 Å². The number of amides is 2. The zero-order chi connectivity index (χ0) is 27.8. The third-order valence-corrected chi connectivity index (χ3v) is 7.14. The minimum Gasteiger partial charge on any atom is -0.461 e.